The lowest BCUT2D eigenvalue weighted by Gasteiger charge is -2.04. The zero-order valence-corrected chi connectivity index (χ0v) is 8.04. The Morgan fingerprint density at radius 2 is 2.17 bits per heavy atom. The molecule has 0 radical (unpaired) electrons. The lowest BCUT2D eigenvalue weighted by Crippen LogP contribution is -1.99. The summed E-state index contributed by atoms with van der Waals surface area (Å²) in [5.41, 5.74) is 1.11. The molecule has 1 aromatic heterocycles. The molecule has 0 N–H and O–H groups in total. The van der Waals surface area contributed by atoms with E-state index in [1.54, 1.807) is 0 Å². The van der Waals surface area contributed by atoms with Crippen molar-refractivity contribution in [2.75, 3.05) is 0 Å². The molecule has 1 aromatic rings. The molecule has 0 amide bonds. The fourth-order valence-electron chi connectivity index (χ4n) is 1.28. The van der Waals surface area contributed by atoms with Crippen LogP contribution in [0.2, 0.25) is 0 Å². The summed E-state index contributed by atoms with van der Waals surface area (Å²) in [6.07, 6.45) is 8.54. The van der Waals surface area contributed by atoms with Crippen molar-refractivity contribution in [3.63, 3.8) is 0 Å². The second-order valence-electron chi connectivity index (χ2n) is 2.63. The molecule has 0 aromatic carbocycles. The topological polar surface area (TPSA) is 17.8 Å². The van der Waals surface area contributed by atoms with Gasteiger partial charge in [-0.1, -0.05) is 19.9 Å². The molecule has 0 bridgehead atoms. The maximum absolute atomic E-state index is 4.36. The average Bonchev–Trinajstić information content (AvgIpc) is 2.48. The van der Waals surface area contributed by atoms with Crippen molar-refractivity contribution in [2.45, 2.75) is 33.6 Å². The molecule has 2 heteroatoms. The van der Waals surface area contributed by atoms with E-state index in [0.717, 1.165) is 18.5 Å². The number of imidazole rings is 1. The van der Waals surface area contributed by atoms with Crippen molar-refractivity contribution in [3.8, 4) is 0 Å². The highest BCUT2D eigenvalue weighted by Crippen LogP contribution is 2.10. The zero-order chi connectivity index (χ0) is 8.97. The number of hydrogen-bond donors (Lipinski definition) is 0. The molecule has 12 heavy (non-hydrogen) atoms. The van der Waals surface area contributed by atoms with Gasteiger partial charge >= 0.3 is 0 Å². The molecular weight excluding hydrogens is 148 g/mol. The number of aryl methyl sites for hydroxylation is 2. The van der Waals surface area contributed by atoms with E-state index in [1.807, 2.05) is 20.8 Å². The van der Waals surface area contributed by atoms with Crippen LogP contribution in [0.3, 0.4) is 0 Å². The van der Waals surface area contributed by atoms with Crippen LogP contribution in [-0.4, -0.2) is 9.55 Å². The van der Waals surface area contributed by atoms with Gasteiger partial charge in [0.15, 0.2) is 0 Å². The van der Waals surface area contributed by atoms with Gasteiger partial charge in [0.05, 0.1) is 5.69 Å². The molecular formula is C10H16N2. The number of aromatic nitrogens is 2. The van der Waals surface area contributed by atoms with Crippen LogP contribution < -0.4 is 0 Å². The van der Waals surface area contributed by atoms with E-state index in [2.05, 4.69) is 28.0 Å². The first-order valence-corrected chi connectivity index (χ1v) is 4.57. The van der Waals surface area contributed by atoms with Crippen LogP contribution in [0.1, 0.15) is 31.8 Å². The van der Waals surface area contributed by atoms with Gasteiger partial charge < -0.3 is 4.57 Å². The van der Waals surface area contributed by atoms with Crippen molar-refractivity contribution < 1.29 is 0 Å². The van der Waals surface area contributed by atoms with E-state index in [4.69, 9.17) is 0 Å². The Hall–Kier alpha value is -1.05. The van der Waals surface area contributed by atoms with Gasteiger partial charge in [-0.2, -0.15) is 0 Å². The molecule has 1 aliphatic heterocycles. The third kappa shape index (κ3) is 1.76. The molecule has 0 saturated carbocycles. The first-order valence-electron chi connectivity index (χ1n) is 4.57. The number of nitrogens with zero attached hydrogens (tertiary/aromatic N) is 2. The lowest BCUT2D eigenvalue weighted by molar-refractivity contribution is 0.836. The second-order valence-corrected chi connectivity index (χ2v) is 2.63. The van der Waals surface area contributed by atoms with Crippen molar-refractivity contribution in [1.29, 1.82) is 0 Å². The Morgan fingerprint density at radius 3 is 2.83 bits per heavy atom. The minimum atomic E-state index is 1.09. The largest absolute Gasteiger partial charge is 0.311 e. The van der Waals surface area contributed by atoms with Crippen LogP contribution in [0.4, 0.5) is 0 Å². The van der Waals surface area contributed by atoms with Crippen LogP contribution in [-0.2, 0) is 6.42 Å². The zero-order valence-electron chi connectivity index (χ0n) is 8.04. The third-order valence-corrected chi connectivity index (χ3v) is 1.73. The molecule has 0 saturated heterocycles. The van der Waals surface area contributed by atoms with E-state index in [-0.39, 0.29) is 0 Å². The van der Waals surface area contributed by atoms with Crippen molar-refractivity contribution in [3.05, 3.63) is 23.8 Å². The predicted molar refractivity (Wildman–Crippen MR) is 52.0 cm³/mol. The van der Waals surface area contributed by atoms with Gasteiger partial charge in [0.25, 0.3) is 0 Å². The van der Waals surface area contributed by atoms with Gasteiger partial charge in [-0.05, 0) is 13.3 Å². The highest BCUT2D eigenvalue weighted by Gasteiger charge is 2.04. The van der Waals surface area contributed by atoms with Crippen LogP contribution in [0.25, 0.3) is 6.20 Å². The maximum atomic E-state index is 4.36. The summed E-state index contributed by atoms with van der Waals surface area (Å²) in [4.78, 5) is 4.36. The highest BCUT2D eigenvalue weighted by atomic mass is 15.1. The van der Waals surface area contributed by atoms with E-state index in [1.165, 1.54) is 5.82 Å². The molecule has 2 rings (SSSR count). The van der Waals surface area contributed by atoms with Gasteiger partial charge in [0.2, 0.25) is 0 Å². The Labute approximate surface area is 73.9 Å². The molecule has 0 unspecified atom stereocenters. The summed E-state index contributed by atoms with van der Waals surface area (Å²) in [5.74, 6) is 1.19. The predicted octanol–water partition coefficient (Wildman–Crippen LogP) is 2.63. The number of hydrogen-bond acceptors (Lipinski definition) is 1. The Morgan fingerprint density at radius 1 is 1.42 bits per heavy atom. The van der Waals surface area contributed by atoms with Gasteiger partial charge in [-0.3, -0.25) is 0 Å². The highest BCUT2D eigenvalue weighted by molar-refractivity contribution is 5.29. The summed E-state index contributed by atoms with van der Waals surface area (Å²) < 4.78 is 2.10. The van der Waals surface area contributed by atoms with Crippen LogP contribution >= 0.6 is 0 Å². The minimum Gasteiger partial charge on any atom is -0.311 e. The van der Waals surface area contributed by atoms with Gasteiger partial charge in [0, 0.05) is 18.8 Å². The van der Waals surface area contributed by atoms with Gasteiger partial charge in [0.1, 0.15) is 5.82 Å². The molecule has 0 atom stereocenters. The second kappa shape index (κ2) is 4.10. The first kappa shape index (κ1) is 9.04. The van der Waals surface area contributed by atoms with E-state index in [0.29, 0.717) is 0 Å². The third-order valence-electron chi connectivity index (χ3n) is 1.73. The number of allylic oxidation sites excluding steroid dienone is 1. The van der Waals surface area contributed by atoms with Crippen molar-refractivity contribution in [2.24, 2.45) is 0 Å². The van der Waals surface area contributed by atoms with Crippen molar-refractivity contribution in [1.82, 2.24) is 9.55 Å². The molecule has 2 nitrogen and oxygen atoms in total. The minimum absolute atomic E-state index is 1.09. The van der Waals surface area contributed by atoms with E-state index in [9.17, 15) is 0 Å². The molecule has 66 valence electrons. The summed E-state index contributed by atoms with van der Waals surface area (Å²) in [6, 6.07) is 0. The van der Waals surface area contributed by atoms with E-state index < -0.39 is 0 Å². The first-order chi connectivity index (χ1) is 5.86. The smallest absolute Gasteiger partial charge is 0.113 e. The van der Waals surface area contributed by atoms with Gasteiger partial charge in [-0.15, -0.1) is 0 Å². The lowest BCUT2D eigenvalue weighted by atomic mass is 10.2. The molecule has 0 spiro atoms. The molecule has 0 fully saturated rings. The van der Waals surface area contributed by atoms with Crippen LogP contribution in [0.5, 0.6) is 0 Å². The molecule has 2 heterocycles. The fraction of sp³-hybridized carbons (Fsp3) is 0.500. The van der Waals surface area contributed by atoms with Crippen LogP contribution in [0.15, 0.2) is 12.3 Å². The SMILES string of the molecule is CC.Cc1cn2c(n1)CCC=C2. The quantitative estimate of drug-likeness (QED) is 0.576. The summed E-state index contributed by atoms with van der Waals surface area (Å²) >= 11 is 0. The monoisotopic (exact) mass is 164 g/mol. The number of rotatable bonds is 0. The fourth-order valence-corrected chi connectivity index (χ4v) is 1.28. The molecule has 0 aliphatic carbocycles. The Kier molecular flexibility index (Phi) is 3.09. The van der Waals surface area contributed by atoms with Crippen LogP contribution in [0, 0.1) is 6.92 Å². The van der Waals surface area contributed by atoms with Crippen molar-refractivity contribution >= 4 is 6.20 Å². The summed E-state index contributed by atoms with van der Waals surface area (Å²) in [6.45, 7) is 6.03. The Balaban J connectivity index is 0.000000336. The normalized spacial score (nSPS) is 13.2. The Bertz CT molecular complexity index is 271. The average molecular weight is 164 g/mol. The number of fused-ring (bicyclic) bond motifs is 1. The standard InChI is InChI=1S/C8H10N2.C2H6/c1-7-6-10-5-3-2-4-8(10)9-7;1-2/h3,5-6H,2,4H2,1H3;1-2H3. The van der Waals surface area contributed by atoms with Gasteiger partial charge in [-0.25, -0.2) is 4.98 Å². The van der Waals surface area contributed by atoms with E-state index >= 15 is 0 Å². The summed E-state index contributed by atoms with van der Waals surface area (Å²) in [5, 5.41) is 0. The summed E-state index contributed by atoms with van der Waals surface area (Å²) in [7, 11) is 0. The molecule has 1 aliphatic rings. The maximum Gasteiger partial charge on any atom is 0.113 e.